The number of nitrogens with two attached hydrogens (primary N) is 1. The molecule has 0 aromatic heterocycles. The van der Waals surface area contributed by atoms with Crippen LogP contribution >= 0.6 is 0 Å². The molecule has 1 rings (SSSR count). The summed E-state index contributed by atoms with van der Waals surface area (Å²) in [7, 11) is 0. The second-order valence-corrected chi connectivity index (χ2v) is 4.30. The van der Waals surface area contributed by atoms with E-state index in [2.05, 4.69) is 0 Å². The van der Waals surface area contributed by atoms with Gasteiger partial charge in [-0.25, -0.2) is 0 Å². The molecule has 0 heterocycles. The summed E-state index contributed by atoms with van der Waals surface area (Å²) >= 11 is 0. The number of aliphatic carboxylic acids is 1. The van der Waals surface area contributed by atoms with Crippen LogP contribution in [0.1, 0.15) is 11.1 Å². The molecule has 0 unspecified atom stereocenters. The largest absolute Gasteiger partial charge is 0.480 e. The van der Waals surface area contributed by atoms with E-state index in [1.54, 1.807) is 6.08 Å². The molecule has 2 amide bonds. The normalized spacial score (nSPS) is 10.4. The fourth-order valence-corrected chi connectivity index (χ4v) is 1.51. The van der Waals surface area contributed by atoms with Gasteiger partial charge in [-0.2, -0.15) is 0 Å². The average Bonchev–Trinajstić information content (AvgIpc) is 2.36. The average molecular weight is 276 g/mol. The topological polar surface area (TPSA) is 101 Å². The van der Waals surface area contributed by atoms with Crippen molar-refractivity contribution in [3.05, 3.63) is 41.5 Å². The van der Waals surface area contributed by atoms with Crippen LogP contribution in [0.4, 0.5) is 0 Å². The van der Waals surface area contributed by atoms with E-state index in [4.69, 9.17) is 10.8 Å². The van der Waals surface area contributed by atoms with Crippen molar-refractivity contribution in [3.63, 3.8) is 0 Å². The lowest BCUT2D eigenvalue weighted by molar-refractivity contribution is -0.143. The van der Waals surface area contributed by atoms with E-state index < -0.39 is 30.9 Å². The van der Waals surface area contributed by atoms with E-state index in [9.17, 15) is 14.4 Å². The monoisotopic (exact) mass is 276 g/mol. The van der Waals surface area contributed by atoms with Crippen molar-refractivity contribution in [2.45, 2.75) is 6.92 Å². The molecule has 106 valence electrons. The molecule has 0 aliphatic rings. The van der Waals surface area contributed by atoms with E-state index in [0.29, 0.717) is 0 Å². The Hall–Kier alpha value is -2.63. The zero-order chi connectivity index (χ0) is 15.1. The lowest BCUT2D eigenvalue weighted by atomic mass is 10.1. The third kappa shape index (κ3) is 5.34. The van der Waals surface area contributed by atoms with Crippen LogP contribution in [-0.4, -0.2) is 40.9 Å². The Bertz CT molecular complexity index is 519. The summed E-state index contributed by atoms with van der Waals surface area (Å²) in [5.74, 6) is -2.54. The van der Waals surface area contributed by atoms with Crippen LogP contribution in [-0.2, 0) is 14.4 Å². The highest BCUT2D eigenvalue weighted by Gasteiger charge is 2.16. The van der Waals surface area contributed by atoms with Gasteiger partial charge in [0.1, 0.15) is 13.1 Å². The van der Waals surface area contributed by atoms with Gasteiger partial charge in [-0.1, -0.05) is 29.8 Å². The van der Waals surface area contributed by atoms with Crippen LogP contribution in [0.25, 0.3) is 6.08 Å². The van der Waals surface area contributed by atoms with Crippen molar-refractivity contribution in [2.24, 2.45) is 5.73 Å². The van der Waals surface area contributed by atoms with Crippen LogP contribution in [0.2, 0.25) is 0 Å². The predicted molar refractivity (Wildman–Crippen MR) is 73.6 cm³/mol. The molecule has 0 saturated carbocycles. The first-order valence-electron chi connectivity index (χ1n) is 5.92. The molecule has 6 nitrogen and oxygen atoms in total. The Labute approximate surface area is 116 Å². The number of carboxylic acids is 1. The molecule has 0 fully saturated rings. The van der Waals surface area contributed by atoms with E-state index >= 15 is 0 Å². The number of carbonyl (C=O) groups excluding carboxylic acids is 2. The Kier molecular flexibility index (Phi) is 5.46. The second kappa shape index (κ2) is 7.08. The minimum Gasteiger partial charge on any atom is -0.480 e. The summed E-state index contributed by atoms with van der Waals surface area (Å²) in [6.45, 7) is 0.948. The molecule has 0 spiro atoms. The highest BCUT2D eigenvalue weighted by molar-refractivity contribution is 5.95. The van der Waals surface area contributed by atoms with Gasteiger partial charge in [0.05, 0.1) is 0 Å². The minimum absolute atomic E-state index is 0.427. The molecular formula is C14H16N2O4. The number of carboxylic acid groups (broad SMARTS) is 1. The first-order chi connectivity index (χ1) is 9.38. The third-order valence-electron chi connectivity index (χ3n) is 2.48. The van der Waals surface area contributed by atoms with Gasteiger partial charge in [0.2, 0.25) is 11.8 Å². The Morgan fingerprint density at radius 1 is 1.20 bits per heavy atom. The number of hydrogen-bond acceptors (Lipinski definition) is 3. The Balaban J connectivity index is 2.76. The highest BCUT2D eigenvalue weighted by atomic mass is 16.4. The number of aryl methyl sites for hydroxylation is 1. The van der Waals surface area contributed by atoms with Crippen LogP contribution in [0.15, 0.2) is 30.3 Å². The molecule has 0 atom stereocenters. The van der Waals surface area contributed by atoms with Gasteiger partial charge in [-0.3, -0.25) is 14.4 Å². The van der Waals surface area contributed by atoms with Crippen molar-refractivity contribution in [1.82, 2.24) is 4.90 Å². The number of amides is 2. The zero-order valence-corrected chi connectivity index (χ0v) is 11.1. The summed E-state index contributed by atoms with van der Waals surface area (Å²) in [5.41, 5.74) is 6.88. The van der Waals surface area contributed by atoms with Crippen molar-refractivity contribution >= 4 is 23.9 Å². The third-order valence-corrected chi connectivity index (χ3v) is 2.48. The van der Waals surface area contributed by atoms with Gasteiger partial charge in [-0.05, 0) is 18.6 Å². The van der Waals surface area contributed by atoms with Crippen molar-refractivity contribution < 1.29 is 19.5 Å². The molecule has 0 aliphatic carbocycles. The number of nitrogens with zero attached hydrogens (tertiary/aromatic N) is 1. The molecule has 6 heteroatoms. The summed E-state index contributed by atoms with van der Waals surface area (Å²) in [6, 6.07) is 7.44. The maximum Gasteiger partial charge on any atom is 0.323 e. The molecule has 20 heavy (non-hydrogen) atoms. The lowest BCUT2D eigenvalue weighted by Gasteiger charge is -2.16. The quantitative estimate of drug-likeness (QED) is 0.735. The van der Waals surface area contributed by atoms with Gasteiger partial charge in [-0.15, -0.1) is 0 Å². The van der Waals surface area contributed by atoms with Crippen LogP contribution in [0.3, 0.4) is 0 Å². The molecule has 3 N–H and O–H groups in total. The number of carbonyl (C=O) groups is 3. The predicted octanol–water partition coefficient (Wildman–Crippen LogP) is 0.407. The second-order valence-electron chi connectivity index (χ2n) is 4.30. The summed E-state index contributed by atoms with van der Waals surface area (Å²) in [5, 5.41) is 8.69. The number of primary amides is 1. The van der Waals surface area contributed by atoms with Gasteiger partial charge in [0, 0.05) is 6.08 Å². The standard InChI is InChI=1S/C14H16N2O4/c1-10-2-4-11(5-3-10)6-7-13(18)16(8-12(15)17)9-14(19)20/h2-7H,8-9H2,1H3,(H2,15,17)(H,19,20)/b7-6+. The van der Waals surface area contributed by atoms with E-state index in [1.807, 2.05) is 31.2 Å². The van der Waals surface area contributed by atoms with E-state index in [1.165, 1.54) is 6.08 Å². The van der Waals surface area contributed by atoms with Gasteiger partial charge >= 0.3 is 5.97 Å². The van der Waals surface area contributed by atoms with Crippen molar-refractivity contribution in [3.8, 4) is 0 Å². The Morgan fingerprint density at radius 2 is 1.80 bits per heavy atom. The van der Waals surface area contributed by atoms with Gasteiger partial charge < -0.3 is 15.7 Å². The minimum atomic E-state index is -1.21. The molecule has 0 aliphatic heterocycles. The first-order valence-corrected chi connectivity index (χ1v) is 5.92. The number of hydrogen-bond donors (Lipinski definition) is 2. The SMILES string of the molecule is Cc1ccc(/C=C/C(=O)N(CC(N)=O)CC(=O)O)cc1. The van der Waals surface area contributed by atoms with Crippen LogP contribution in [0.5, 0.6) is 0 Å². The summed E-state index contributed by atoms with van der Waals surface area (Å²) in [4.78, 5) is 34.1. The fraction of sp³-hybridized carbons (Fsp3) is 0.214. The molecule has 1 aromatic carbocycles. The zero-order valence-electron chi connectivity index (χ0n) is 11.1. The summed E-state index contributed by atoms with van der Waals surface area (Å²) < 4.78 is 0. The maximum atomic E-state index is 11.8. The van der Waals surface area contributed by atoms with Crippen molar-refractivity contribution in [1.29, 1.82) is 0 Å². The summed E-state index contributed by atoms with van der Waals surface area (Å²) in [6.07, 6.45) is 2.77. The lowest BCUT2D eigenvalue weighted by Crippen LogP contribution is -2.40. The van der Waals surface area contributed by atoms with Crippen LogP contribution < -0.4 is 5.73 Å². The van der Waals surface area contributed by atoms with Crippen molar-refractivity contribution in [2.75, 3.05) is 13.1 Å². The molecule has 0 saturated heterocycles. The van der Waals surface area contributed by atoms with Gasteiger partial charge in [0.25, 0.3) is 0 Å². The highest BCUT2D eigenvalue weighted by Crippen LogP contribution is 2.05. The maximum absolute atomic E-state index is 11.8. The first kappa shape index (κ1) is 15.4. The van der Waals surface area contributed by atoms with Crippen LogP contribution in [0, 0.1) is 6.92 Å². The molecule has 0 bridgehead atoms. The van der Waals surface area contributed by atoms with E-state index in [0.717, 1.165) is 16.0 Å². The Morgan fingerprint density at radius 3 is 2.30 bits per heavy atom. The molecular weight excluding hydrogens is 260 g/mol. The number of rotatable bonds is 6. The number of benzene rings is 1. The fourth-order valence-electron chi connectivity index (χ4n) is 1.51. The molecule has 1 aromatic rings. The van der Waals surface area contributed by atoms with Gasteiger partial charge in [0.15, 0.2) is 0 Å². The van der Waals surface area contributed by atoms with E-state index in [-0.39, 0.29) is 0 Å². The smallest absolute Gasteiger partial charge is 0.323 e. The molecule has 0 radical (unpaired) electrons.